The Balaban J connectivity index is 2.31. The van der Waals surface area contributed by atoms with Crippen LogP contribution >= 0.6 is 0 Å². The molecule has 19 heavy (non-hydrogen) atoms. The van der Waals surface area contributed by atoms with Crippen LogP contribution in [0.25, 0.3) is 11.5 Å². The van der Waals surface area contributed by atoms with Crippen molar-refractivity contribution in [2.24, 2.45) is 0 Å². The summed E-state index contributed by atoms with van der Waals surface area (Å²) in [5.41, 5.74) is 2.31. The monoisotopic (exact) mass is 258 g/mol. The van der Waals surface area contributed by atoms with Crippen molar-refractivity contribution in [3.05, 3.63) is 35.7 Å². The van der Waals surface area contributed by atoms with E-state index >= 15 is 0 Å². The number of aromatic nitrogens is 2. The summed E-state index contributed by atoms with van der Waals surface area (Å²) in [6.07, 6.45) is 0. The van der Waals surface area contributed by atoms with Crippen molar-refractivity contribution in [3.8, 4) is 11.5 Å². The molecule has 0 fully saturated rings. The normalized spacial score (nSPS) is 12.7. The quantitative estimate of drug-likeness (QED) is 0.764. The van der Waals surface area contributed by atoms with Crippen LogP contribution < -0.4 is 0 Å². The first kappa shape index (κ1) is 13.8. The second-order valence-electron chi connectivity index (χ2n) is 6.99. The Morgan fingerprint density at radius 2 is 1.37 bits per heavy atom. The van der Waals surface area contributed by atoms with E-state index in [1.54, 1.807) is 0 Å². The maximum atomic E-state index is 5.74. The van der Waals surface area contributed by atoms with Crippen molar-refractivity contribution in [1.82, 2.24) is 10.2 Å². The Morgan fingerprint density at radius 3 is 1.79 bits per heavy atom. The van der Waals surface area contributed by atoms with Gasteiger partial charge in [0.1, 0.15) is 0 Å². The maximum absolute atomic E-state index is 5.74. The SMILES string of the molecule is CC(C)(C)c1ccc(-c2nnc(C(C)(C)C)o2)cc1. The summed E-state index contributed by atoms with van der Waals surface area (Å²) in [6.45, 7) is 12.8. The summed E-state index contributed by atoms with van der Waals surface area (Å²) in [5, 5.41) is 8.25. The zero-order chi connectivity index (χ0) is 14.3. The van der Waals surface area contributed by atoms with Crippen molar-refractivity contribution in [1.29, 1.82) is 0 Å². The third kappa shape index (κ3) is 3.03. The lowest BCUT2D eigenvalue weighted by Gasteiger charge is -2.18. The highest BCUT2D eigenvalue weighted by Crippen LogP contribution is 2.27. The molecule has 0 unspecified atom stereocenters. The molecule has 102 valence electrons. The van der Waals surface area contributed by atoms with E-state index in [0.29, 0.717) is 11.8 Å². The topological polar surface area (TPSA) is 38.9 Å². The molecule has 0 radical (unpaired) electrons. The number of rotatable bonds is 1. The Morgan fingerprint density at radius 1 is 0.789 bits per heavy atom. The van der Waals surface area contributed by atoms with Crippen LogP contribution in [-0.4, -0.2) is 10.2 Å². The molecule has 0 aliphatic rings. The van der Waals surface area contributed by atoms with Gasteiger partial charge in [0.15, 0.2) is 0 Å². The molecule has 0 amide bonds. The molecule has 3 heteroatoms. The van der Waals surface area contributed by atoms with Crippen molar-refractivity contribution < 1.29 is 4.42 Å². The van der Waals surface area contributed by atoms with E-state index in [0.717, 1.165) is 5.56 Å². The van der Waals surface area contributed by atoms with Crippen molar-refractivity contribution in [2.45, 2.75) is 52.4 Å². The number of benzene rings is 1. The van der Waals surface area contributed by atoms with E-state index in [-0.39, 0.29) is 10.8 Å². The average molecular weight is 258 g/mol. The molecule has 2 aromatic rings. The summed E-state index contributed by atoms with van der Waals surface area (Å²) in [5.74, 6) is 1.26. The first-order valence-electron chi connectivity index (χ1n) is 6.63. The van der Waals surface area contributed by atoms with E-state index in [2.05, 4.69) is 63.9 Å². The lowest BCUT2D eigenvalue weighted by Crippen LogP contribution is -2.11. The highest BCUT2D eigenvalue weighted by Gasteiger charge is 2.22. The first-order valence-corrected chi connectivity index (χ1v) is 6.63. The third-order valence-corrected chi connectivity index (χ3v) is 3.06. The van der Waals surface area contributed by atoms with Gasteiger partial charge in [0.05, 0.1) is 0 Å². The fourth-order valence-corrected chi connectivity index (χ4v) is 1.76. The van der Waals surface area contributed by atoms with E-state index in [1.807, 2.05) is 12.1 Å². The van der Waals surface area contributed by atoms with Crippen LogP contribution in [0.5, 0.6) is 0 Å². The molecule has 1 heterocycles. The molecule has 0 saturated carbocycles. The second-order valence-corrected chi connectivity index (χ2v) is 6.99. The molecule has 3 nitrogen and oxygen atoms in total. The smallest absolute Gasteiger partial charge is 0.247 e. The zero-order valence-electron chi connectivity index (χ0n) is 12.6. The van der Waals surface area contributed by atoms with Crippen molar-refractivity contribution in [2.75, 3.05) is 0 Å². The molecular formula is C16H22N2O. The predicted octanol–water partition coefficient (Wildman–Crippen LogP) is 4.33. The Kier molecular flexibility index (Phi) is 3.25. The van der Waals surface area contributed by atoms with E-state index in [1.165, 1.54) is 5.56 Å². The van der Waals surface area contributed by atoms with Gasteiger partial charge < -0.3 is 4.42 Å². The van der Waals surface area contributed by atoms with Gasteiger partial charge in [0.2, 0.25) is 11.8 Å². The maximum Gasteiger partial charge on any atom is 0.247 e. The van der Waals surface area contributed by atoms with Crippen molar-refractivity contribution in [3.63, 3.8) is 0 Å². The molecule has 0 aliphatic carbocycles. The van der Waals surface area contributed by atoms with Gasteiger partial charge in [-0.05, 0) is 23.1 Å². The largest absolute Gasteiger partial charge is 0.420 e. The summed E-state index contributed by atoms with van der Waals surface area (Å²) < 4.78 is 5.74. The molecule has 0 N–H and O–H groups in total. The van der Waals surface area contributed by atoms with Crippen LogP contribution in [0, 0.1) is 0 Å². The van der Waals surface area contributed by atoms with Gasteiger partial charge in [-0.3, -0.25) is 0 Å². The fourth-order valence-electron chi connectivity index (χ4n) is 1.76. The molecule has 0 aliphatic heterocycles. The van der Waals surface area contributed by atoms with E-state index < -0.39 is 0 Å². The molecule has 1 aromatic heterocycles. The van der Waals surface area contributed by atoms with E-state index in [4.69, 9.17) is 4.42 Å². The lowest BCUT2D eigenvalue weighted by molar-refractivity contribution is 0.399. The van der Waals surface area contributed by atoms with Gasteiger partial charge in [0.25, 0.3) is 0 Å². The lowest BCUT2D eigenvalue weighted by atomic mass is 9.87. The molecule has 0 atom stereocenters. The van der Waals surface area contributed by atoms with Crippen LogP contribution in [0.15, 0.2) is 28.7 Å². The zero-order valence-corrected chi connectivity index (χ0v) is 12.6. The first-order chi connectivity index (χ1) is 8.68. The van der Waals surface area contributed by atoms with Crippen LogP contribution in [0.1, 0.15) is 53.0 Å². The van der Waals surface area contributed by atoms with E-state index in [9.17, 15) is 0 Å². The van der Waals surface area contributed by atoms with Gasteiger partial charge in [0, 0.05) is 11.0 Å². The molecule has 0 spiro atoms. The summed E-state index contributed by atoms with van der Waals surface area (Å²) in [6, 6.07) is 8.33. The van der Waals surface area contributed by atoms with Gasteiger partial charge in [-0.25, -0.2) is 0 Å². The van der Waals surface area contributed by atoms with Crippen LogP contribution in [-0.2, 0) is 10.8 Å². The minimum absolute atomic E-state index is 0.114. The minimum Gasteiger partial charge on any atom is -0.420 e. The molecule has 2 rings (SSSR count). The predicted molar refractivity (Wildman–Crippen MR) is 77.1 cm³/mol. The average Bonchev–Trinajstić information content (AvgIpc) is 2.77. The minimum atomic E-state index is -0.114. The standard InChI is InChI=1S/C16H22N2O/c1-15(2,3)12-9-7-11(8-10-12)13-17-18-14(19-13)16(4,5)6/h7-10H,1-6H3. The van der Waals surface area contributed by atoms with Crippen LogP contribution in [0.2, 0.25) is 0 Å². The van der Waals surface area contributed by atoms with Crippen LogP contribution in [0.4, 0.5) is 0 Å². The van der Waals surface area contributed by atoms with Gasteiger partial charge >= 0.3 is 0 Å². The molecular weight excluding hydrogens is 236 g/mol. The molecule has 0 saturated heterocycles. The Hall–Kier alpha value is -1.64. The number of hydrogen-bond donors (Lipinski definition) is 0. The molecule has 0 bridgehead atoms. The van der Waals surface area contributed by atoms with Crippen LogP contribution in [0.3, 0.4) is 0 Å². The number of hydrogen-bond acceptors (Lipinski definition) is 3. The van der Waals surface area contributed by atoms with Gasteiger partial charge in [-0.1, -0.05) is 53.7 Å². The third-order valence-electron chi connectivity index (χ3n) is 3.06. The van der Waals surface area contributed by atoms with Crippen molar-refractivity contribution >= 4 is 0 Å². The summed E-state index contributed by atoms with van der Waals surface area (Å²) in [7, 11) is 0. The molecule has 1 aromatic carbocycles. The Bertz CT molecular complexity index is 554. The van der Waals surface area contributed by atoms with Gasteiger partial charge in [-0.2, -0.15) is 0 Å². The Labute approximate surface area is 115 Å². The highest BCUT2D eigenvalue weighted by atomic mass is 16.4. The number of nitrogens with zero attached hydrogens (tertiary/aromatic N) is 2. The second kappa shape index (κ2) is 4.48. The summed E-state index contributed by atoms with van der Waals surface area (Å²) >= 11 is 0. The highest BCUT2D eigenvalue weighted by molar-refractivity contribution is 5.53. The van der Waals surface area contributed by atoms with Gasteiger partial charge in [-0.15, -0.1) is 10.2 Å². The fraction of sp³-hybridized carbons (Fsp3) is 0.500. The summed E-state index contributed by atoms with van der Waals surface area (Å²) in [4.78, 5) is 0.